The molecule has 1 aliphatic rings. The third kappa shape index (κ3) is 11.6. The van der Waals surface area contributed by atoms with E-state index in [9.17, 15) is 25.2 Å². The van der Waals surface area contributed by atoms with Gasteiger partial charge in [-0.2, -0.15) is 0 Å². The quantitative estimate of drug-likeness (QED) is 0.343. The Labute approximate surface area is 233 Å². The monoisotopic (exact) mass is 536 g/mol. The minimum absolute atomic E-state index is 0.0436. The normalized spacial score (nSPS) is 30.2. The number of hydrogen-bond donors (Lipinski definition) is 4. The molecule has 1 aromatic carbocycles. The van der Waals surface area contributed by atoms with Gasteiger partial charge < -0.3 is 25.2 Å². The number of rotatable bonds is 5. The third-order valence-corrected chi connectivity index (χ3v) is 6.97. The molecule has 0 aliphatic carbocycles. The predicted molar refractivity (Wildman–Crippen MR) is 156 cm³/mol. The Morgan fingerprint density at radius 1 is 1.00 bits per heavy atom. The van der Waals surface area contributed by atoms with Gasteiger partial charge in [0.2, 0.25) is 0 Å². The second-order valence-electron chi connectivity index (χ2n) is 10.4. The predicted octanol–water partition coefficient (Wildman–Crippen LogP) is 6.02. The Balaban J connectivity index is 2.21. The van der Waals surface area contributed by atoms with Crippen molar-refractivity contribution >= 4 is 5.97 Å². The lowest BCUT2D eigenvalue weighted by atomic mass is 9.88. The third-order valence-electron chi connectivity index (χ3n) is 6.97. The van der Waals surface area contributed by atoms with Gasteiger partial charge in [0.25, 0.3) is 0 Å². The molecule has 2 rings (SSSR count). The van der Waals surface area contributed by atoms with Crippen LogP contribution in [-0.2, 0) is 9.53 Å². The standard InChI is InChI=1S/C33H44O6/c1-23-13-11-15-24(2)30(35)18-10-8-6-5-7-9-14-25(3)33(38)39-29(20-19-23)22-31(36)26(4)32(37)27-16-12-17-28(34)21-27/h5-17,21,23,26,29-32,34-37H,18-20,22H2,1-4H3/b6-5-,9-7-,10-8-,13-11-,24-15-,25-14-/t23-,26-,29+,30-,31-,32+/m0/s1. The summed E-state index contributed by atoms with van der Waals surface area (Å²) in [6, 6.07) is 6.34. The number of aliphatic hydroxyl groups excluding tert-OH is 3. The fraction of sp³-hybridized carbons (Fsp3) is 0.424. The number of esters is 1. The first kappa shape index (κ1) is 32.0. The molecule has 6 atom stereocenters. The van der Waals surface area contributed by atoms with E-state index < -0.39 is 36.3 Å². The van der Waals surface area contributed by atoms with Gasteiger partial charge in [0, 0.05) is 17.9 Å². The molecule has 6 nitrogen and oxygen atoms in total. The summed E-state index contributed by atoms with van der Waals surface area (Å²) in [5.74, 6) is -0.784. The molecule has 212 valence electrons. The fourth-order valence-corrected chi connectivity index (χ4v) is 4.16. The maximum absolute atomic E-state index is 12.8. The molecule has 0 unspecified atom stereocenters. The molecule has 0 fully saturated rings. The molecule has 0 spiro atoms. The maximum atomic E-state index is 12.8. The highest BCUT2D eigenvalue weighted by Gasteiger charge is 2.28. The second kappa shape index (κ2) is 16.7. The van der Waals surface area contributed by atoms with Gasteiger partial charge in [0.1, 0.15) is 11.9 Å². The van der Waals surface area contributed by atoms with Crippen LogP contribution in [0.5, 0.6) is 5.75 Å². The number of benzene rings is 1. The molecule has 0 saturated heterocycles. The van der Waals surface area contributed by atoms with Gasteiger partial charge in [-0.15, -0.1) is 0 Å². The van der Waals surface area contributed by atoms with Crippen LogP contribution in [-0.4, -0.2) is 44.7 Å². The van der Waals surface area contributed by atoms with Crippen molar-refractivity contribution in [1.29, 1.82) is 0 Å². The van der Waals surface area contributed by atoms with Crippen molar-refractivity contribution in [2.24, 2.45) is 11.8 Å². The summed E-state index contributed by atoms with van der Waals surface area (Å²) in [6.07, 6.45) is 17.5. The molecule has 1 heterocycles. The van der Waals surface area contributed by atoms with E-state index in [2.05, 4.69) is 6.92 Å². The molecular weight excluding hydrogens is 492 g/mol. The van der Waals surface area contributed by atoms with Gasteiger partial charge in [-0.3, -0.25) is 0 Å². The first-order valence-corrected chi connectivity index (χ1v) is 13.6. The fourth-order valence-electron chi connectivity index (χ4n) is 4.16. The minimum Gasteiger partial charge on any atom is -0.508 e. The van der Waals surface area contributed by atoms with Crippen LogP contribution in [0.1, 0.15) is 65.0 Å². The second-order valence-corrected chi connectivity index (χ2v) is 10.4. The number of phenolic OH excluding ortho intramolecular Hbond substituents is 1. The summed E-state index contributed by atoms with van der Waals surface area (Å²) >= 11 is 0. The Hall–Kier alpha value is -3.19. The van der Waals surface area contributed by atoms with Crippen LogP contribution in [0.15, 0.2) is 96.2 Å². The molecule has 1 aromatic rings. The van der Waals surface area contributed by atoms with Crippen LogP contribution in [0.4, 0.5) is 0 Å². The van der Waals surface area contributed by atoms with Gasteiger partial charge in [-0.1, -0.05) is 86.7 Å². The molecule has 39 heavy (non-hydrogen) atoms. The van der Waals surface area contributed by atoms with E-state index in [1.54, 1.807) is 44.2 Å². The van der Waals surface area contributed by atoms with Gasteiger partial charge in [-0.05, 0) is 62.3 Å². The van der Waals surface area contributed by atoms with Crippen LogP contribution < -0.4 is 0 Å². The molecule has 0 radical (unpaired) electrons. The van der Waals surface area contributed by atoms with Crippen molar-refractivity contribution in [2.75, 3.05) is 0 Å². The number of carbonyl (C=O) groups excluding carboxylic acids is 1. The van der Waals surface area contributed by atoms with Crippen LogP contribution in [0.3, 0.4) is 0 Å². The van der Waals surface area contributed by atoms with Crippen LogP contribution in [0.25, 0.3) is 0 Å². The number of aliphatic hydroxyl groups is 3. The lowest BCUT2D eigenvalue weighted by Crippen LogP contribution is -2.31. The van der Waals surface area contributed by atoms with Gasteiger partial charge in [-0.25, -0.2) is 4.79 Å². The highest BCUT2D eigenvalue weighted by atomic mass is 16.5. The average molecular weight is 537 g/mol. The topological polar surface area (TPSA) is 107 Å². The molecule has 4 N–H and O–H groups in total. The highest BCUT2D eigenvalue weighted by molar-refractivity contribution is 5.88. The van der Waals surface area contributed by atoms with Crippen molar-refractivity contribution in [3.05, 3.63) is 102 Å². The van der Waals surface area contributed by atoms with E-state index >= 15 is 0 Å². The van der Waals surface area contributed by atoms with Gasteiger partial charge in [0.15, 0.2) is 0 Å². The summed E-state index contributed by atoms with van der Waals surface area (Å²) in [4.78, 5) is 12.8. The Bertz CT molecular complexity index is 1090. The van der Waals surface area contributed by atoms with Crippen LogP contribution in [0, 0.1) is 11.8 Å². The van der Waals surface area contributed by atoms with E-state index in [1.807, 2.05) is 49.5 Å². The van der Waals surface area contributed by atoms with Gasteiger partial charge >= 0.3 is 5.97 Å². The highest BCUT2D eigenvalue weighted by Crippen LogP contribution is 2.29. The molecular formula is C33H44O6. The zero-order valence-corrected chi connectivity index (χ0v) is 23.5. The summed E-state index contributed by atoms with van der Waals surface area (Å²) in [5.41, 5.74) is 1.82. The van der Waals surface area contributed by atoms with Crippen molar-refractivity contribution in [3.63, 3.8) is 0 Å². The van der Waals surface area contributed by atoms with Crippen molar-refractivity contribution < 1.29 is 30.0 Å². The Morgan fingerprint density at radius 3 is 2.46 bits per heavy atom. The molecule has 0 aromatic heterocycles. The van der Waals surface area contributed by atoms with Gasteiger partial charge in [0.05, 0.1) is 18.3 Å². The van der Waals surface area contributed by atoms with E-state index in [4.69, 9.17) is 4.74 Å². The number of cyclic esters (lactones) is 1. The van der Waals surface area contributed by atoms with Crippen LogP contribution in [0.2, 0.25) is 0 Å². The van der Waals surface area contributed by atoms with Crippen molar-refractivity contribution in [1.82, 2.24) is 0 Å². The van der Waals surface area contributed by atoms with Crippen LogP contribution >= 0.6 is 0 Å². The molecule has 0 amide bonds. The lowest BCUT2D eigenvalue weighted by Gasteiger charge is -2.28. The summed E-state index contributed by atoms with van der Waals surface area (Å²) < 4.78 is 5.83. The molecule has 0 bridgehead atoms. The molecule has 1 aliphatic heterocycles. The zero-order valence-electron chi connectivity index (χ0n) is 23.5. The Morgan fingerprint density at radius 2 is 1.72 bits per heavy atom. The van der Waals surface area contributed by atoms with Crippen molar-refractivity contribution in [2.45, 2.75) is 77.8 Å². The maximum Gasteiger partial charge on any atom is 0.333 e. The number of allylic oxidation sites excluding steroid dienone is 9. The minimum atomic E-state index is -0.989. The largest absolute Gasteiger partial charge is 0.508 e. The first-order chi connectivity index (χ1) is 18.6. The zero-order chi connectivity index (χ0) is 28.8. The Kier molecular flexibility index (Phi) is 13.7. The average Bonchev–Trinajstić information content (AvgIpc) is 2.91. The number of phenols is 1. The lowest BCUT2D eigenvalue weighted by molar-refractivity contribution is -0.146. The van der Waals surface area contributed by atoms with E-state index in [-0.39, 0.29) is 18.1 Å². The number of ether oxygens (including phenoxy) is 1. The van der Waals surface area contributed by atoms with Crippen molar-refractivity contribution in [3.8, 4) is 5.75 Å². The van der Waals surface area contributed by atoms with E-state index in [0.29, 0.717) is 24.0 Å². The van der Waals surface area contributed by atoms with E-state index in [1.165, 1.54) is 12.1 Å². The van der Waals surface area contributed by atoms with E-state index in [0.717, 1.165) is 12.0 Å². The smallest absolute Gasteiger partial charge is 0.333 e. The number of carbonyl (C=O) groups is 1. The SMILES string of the molecule is C/C1=C/C=C\C=C/C=C\C[C@H](O)/C(C)=C\C=C/[C@H](C)CC[C@H](C[C@H](O)[C@H](C)[C@@H](O)c2cccc(O)c2)OC1=O. The number of hydrogen-bond acceptors (Lipinski definition) is 6. The number of aromatic hydroxyl groups is 1. The molecule has 0 saturated carbocycles. The first-order valence-electron chi connectivity index (χ1n) is 13.6. The summed E-state index contributed by atoms with van der Waals surface area (Å²) in [7, 11) is 0. The summed E-state index contributed by atoms with van der Waals surface area (Å²) in [5, 5.41) is 41.9. The molecule has 6 heteroatoms. The summed E-state index contributed by atoms with van der Waals surface area (Å²) in [6.45, 7) is 7.39.